The molecule has 0 atom stereocenters. The Kier molecular flexibility index (Phi) is 5.48. The molecule has 7 heteroatoms. The number of thiophene rings is 1. The highest BCUT2D eigenvalue weighted by molar-refractivity contribution is 7.89. The Bertz CT molecular complexity index is 876. The lowest BCUT2D eigenvalue weighted by Crippen LogP contribution is -2.40. The van der Waals surface area contributed by atoms with Gasteiger partial charge in [0.2, 0.25) is 10.0 Å². The normalized spacial score (nSPS) is 16.4. The molecule has 0 unspecified atom stereocenters. The smallest absolute Gasteiger partial charge is 0.243 e. The second-order valence-electron chi connectivity index (χ2n) is 5.69. The Hall–Kier alpha value is -1.80. The van der Waals surface area contributed by atoms with Crippen molar-refractivity contribution in [3.8, 4) is 0 Å². The van der Waals surface area contributed by atoms with Crippen molar-refractivity contribution in [1.82, 2.24) is 4.31 Å². The van der Waals surface area contributed by atoms with Gasteiger partial charge >= 0.3 is 0 Å². The fourth-order valence-corrected chi connectivity index (χ4v) is 4.71. The molecular formula is C18H19NO4S2. The molecule has 0 N–H and O–H groups in total. The molecule has 2 heterocycles. The van der Waals surface area contributed by atoms with Crippen molar-refractivity contribution in [3.05, 3.63) is 57.8 Å². The number of allylic oxidation sites excluding steroid dienone is 1. The summed E-state index contributed by atoms with van der Waals surface area (Å²) in [7, 11) is -3.53. The lowest BCUT2D eigenvalue weighted by atomic mass is 10.1. The number of carbonyl (C=O) groups excluding carboxylic acids is 1. The highest BCUT2D eigenvalue weighted by atomic mass is 32.2. The van der Waals surface area contributed by atoms with E-state index >= 15 is 0 Å². The summed E-state index contributed by atoms with van der Waals surface area (Å²) in [6.45, 7) is 3.53. The van der Waals surface area contributed by atoms with Gasteiger partial charge in [-0.25, -0.2) is 8.42 Å². The summed E-state index contributed by atoms with van der Waals surface area (Å²) >= 11 is 1.61. The van der Waals surface area contributed by atoms with E-state index < -0.39 is 10.0 Å². The van der Waals surface area contributed by atoms with E-state index in [0.717, 1.165) is 4.88 Å². The van der Waals surface area contributed by atoms with Crippen LogP contribution in [0.1, 0.15) is 20.1 Å². The minimum absolute atomic E-state index is 0.152. The van der Waals surface area contributed by atoms with Gasteiger partial charge in [-0.2, -0.15) is 4.31 Å². The summed E-state index contributed by atoms with van der Waals surface area (Å²) < 4.78 is 31.7. The highest BCUT2D eigenvalue weighted by Gasteiger charge is 2.26. The van der Waals surface area contributed by atoms with Crippen LogP contribution in [-0.4, -0.2) is 44.8 Å². The van der Waals surface area contributed by atoms with Crippen molar-refractivity contribution in [1.29, 1.82) is 0 Å². The first-order valence-corrected chi connectivity index (χ1v) is 10.2. The van der Waals surface area contributed by atoms with Crippen LogP contribution in [0.25, 0.3) is 6.08 Å². The topological polar surface area (TPSA) is 63.7 Å². The van der Waals surface area contributed by atoms with Crippen LogP contribution in [-0.2, 0) is 14.8 Å². The van der Waals surface area contributed by atoms with Crippen LogP contribution in [0.15, 0.2) is 47.4 Å². The quantitative estimate of drug-likeness (QED) is 0.594. The lowest BCUT2D eigenvalue weighted by Gasteiger charge is -2.26. The molecule has 1 aromatic carbocycles. The number of rotatable bonds is 5. The van der Waals surface area contributed by atoms with E-state index in [4.69, 9.17) is 4.74 Å². The number of hydrogen-bond donors (Lipinski definition) is 0. The van der Waals surface area contributed by atoms with Crippen molar-refractivity contribution in [2.24, 2.45) is 0 Å². The van der Waals surface area contributed by atoms with Crippen molar-refractivity contribution < 1.29 is 17.9 Å². The van der Waals surface area contributed by atoms with E-state index in [-0.39, 0.29) is 10.7 Å². The minimum Gasteiger partial charge on any atom is -0.379 e. The molecule has 25 heavy (non-hydrogen) atoms. The molecule has 3 rings (SSSR count). The first-order valence-electron chi connectivity index (χ1n) is 7.93. The predicted octanol–water partition coefficient (Wildman–Crippen LogP) is 2.97. The van der Waals surface area contributed by atoms with Crippen LogP contribution in [0.4, 0.5) is 0 Å². The Labute approximate surface area is 151 Å². The van der Waals surface area contributed by atoms with Gasteiger partial charge in [-0.1, -0.05) is 0 Å². The van der Waals surface area contributed by atoms with Crippen LogP contribution < -0.4 is 0 Å². The third kappa shape index (κ3) is 4.24. The third-order valence-electron chi connectivity index (χ3n) is 3.91. The Morgan fingerprint density at radius 3 is 2.40 bits per heavy atom. The number of ether oxygens (including phenoxy) is 1. The molecule has 132 valence electrons. The minimum atomic E-state index is -3.53. The van der Waals surface area contributed by atoms with E-state index in [1.165, 1.54) is 27.4 Å². The molecule has 1 saturated heterocycles. The molecule has 1 aromatic heterocycles. The van der Waals surface area contributed by atoms with Gasteiger partial charge in [-0.3, -0.25) is 4.79 Å². The molecule has 1 fully saturated rings. The summed E-state index contributed by atoms with van der Waals surface area (Å²) in [5.41, 5.74) is 0.463. The SMILES string of the molecule is Cc1ccc(/C=C/C(=O)c2ccc(S(=O)(=O)N3CCOCC3)cc2)s1. The van der Waals surface area contributed by atoms with Crippen molar-refractivity contribution in [2.45, 2.75) is 11.8 Å². The molecule has 0 saturated carbocycles. The first kappa shape index (κ1) is 18.0. The molecular weight excluding hydrogens is 358 g/mol. The molecule has 1 aliphatic rings. The average Bonchev–Trinajstić information content (AvgIpc) is 3.06. The number of aryl methyl sites for hydroxylation is 1. The van der Waals surface area contributed by atoms with E-state index in [1.807, 2.05) is 19.1 Å². The van der Waals surface area contributed by atoms with Crippen LogP contribution in [0.3, 0.4) is 0 Å². The molecule has 1 aliphatic heterocycles. The van der Waals surface area contributed by atoms with Crippen molar-refractivity contribution in [2.75, 3.05) is 26.3 Å². The third-order valence-corrected chi connectivity index (χ3v) is 6.79. The molecule has 5 nitrogen and oxygen atoms in total. The number of ketones is 1. The lowest BCUT2D eigenvalue weighted by molar-refractivity contribution is 0.0730. The summed E-state index contributed by atoms with van der Waals surface area (Å²) in [5.74, 6) is -0.152. The molecule has 2 aromatic rings. The molecule has 0 bridgehead atoms. The van der Waals surface area contributed by atoms with Gasteiger partial charge in [0, 0.05) is 28.4 Å². The van der Waals surface area contributed by atoms with Crippen LogP contribution in [0.5, 0.6) is 0 Å². The zero-order valence-electron chi connectivity index (χ0n) is 13.8. The van der Waals surface area contributed by atoms with Gasteiger partial charge in [0.05, 0.1) is 18.1 Å². The van der Waals surface area contributed by atoms with Gasteiger partial charge in [-0.05, 0) is 55.5 Å². The van der Waals surface area contributed by atoms with Gasteiger partial charge in [0.15, 0.2) is 5.78 Å². The van der Waals surface area contributed by atoms with E-state index in [9.17, 15) is 13.2 Å². The summed E-state index contributed by atoms with van der Waals surface area (Å²) in [5, 5.41) is 0. The van der Waals surface area contributed by atoms with Gasteiger partial charge in [0.25, 0.3) is 0 Å². The fourth-order valence-electron chi connectivity index (χ4n) is 2.52. The summed E-state index contributed by atoms with van der Waals surface area (Å²) in [4.78, 5) is 14.6. The van der Waals surface area contributed by atoms with Crippen LogP contribution in [0, 0.1) is 6.92 Å². The summed E-state index contributed by atoms with van der Waals surface area (Å²) in [6.07, 6.45) is 3.29. The van der Waals surface area contributed by atoms with Gasteiger partial charge < -0.3 is 4.74 Å². The average molecular weight is 377 g/mol. The van der Waals surface area contributed by atoms with Crippen LogP contribution >= 0.6 is 11.3 Å². The largest absolute Gasteiger partial charge is 0.379 e. The second kappa shape index (κ2) is 7.61. The first-order chi connectivity index (χ1) is 12.0. The van der Waals surface area contributed by atoms with Crippen LogP contribution in [0.2, 0.25) is 0 Å². The standard InChI is InChI=1S/C18H19NO4S2/c1-14-2-5-16(24-14)6-9-18(20)15-3-7-17(8-4-15)25(21,22)19-10-12-23-13-11-19/h2-9H,10-13H2,1H3/b9-6+. The molecule has 0 radical (unpaired) electrons. The maximum atomic E-state index is 12.6. The number of nitrogens with zero attached hydrogens (tertiary/aromatic N) is 1. The highest BCUT2D eigenvalue weighted by Crippen LogP contribution is 2.19. The number of morpholine rings is 1. The number of hydrogen-bond acceptors (Lipinski definition) is 5. The fraction of sp³-hybridized carbons (Fsp3) is 0.278. The van der Waals surface area contributed by atoms with E-state index in [0.29, 0.717) is 31.9 Å². The molecule has 0 spiro atoms. The van der Waals surface area contributed by atoms with Crippen molar-refractivity contribution in [3.63, 3.8) is 0 Å². The number of sulfonamides is 1. The van der Waals surface area contributed by atoms with Gasteiger partial charge in [0.1, 0.15) is 0 Å². The Morgan fingerprint density at radius 1 is 1.12 bits per heavy atom. The van der Waals surface area contributed by atoms with E-state index in [2.05, 4.69) is 0 Å². The second-order valence-corrected chi connectivity index (χ2v) is 8.94. The van der Waals surface area contributed by atoms with Crippen molar-refractivity contribution >= 4 is 33.2 Å². The number of carbonyl (C=O) groups is 1. The maximum Gasteiger partial charge on any atom is 0.243 e. The van der Waals surface area contributed by atoms with Gasteiger partial charge in [-0.15, -0.1) is 11.3 Å². The Balaban J connectivity index is 1.73. The monoisotopic (exact) mass is 377 g/mol. The predicted molar refractivity (Wildman–Crippen MR) is 98.4 cm³/mol. The molecule has 0 amide bonds. The molecule has 0 aliphatic carbocycles. The van der Waals surface area contributed by atoms with E-state index in [1.54, 1.807) is 29.5 Å². The Morgan fingerprint density at radius 2 is 1.80 bits per heavy atom. The summed E-state index contributed by atoms with van der Waals surface area (Å²) in [6, 6.07) is 10.0. The number of benzene rings is 1. The zero-order chi connectivity index (χ0) is 17.9. The zero-order valence-corrected chi connectivity index (χ0v) is 15.5. The maximum absolute atomic E-state index is 12.6.